The van der Waals surface area contributed by atoms with Gasteiger partial charge >= 0.3 is 0 Å². The zero-order chi connectivity index (χ0) is 19.5. The second-order valence-electron chi connectivity index (χ2n) is 6.07. The maximum atomic E-state index is 9.07. The molecule has 28 heavy (non-hydrogen) atoms. The zero-order valence-electron chi connectivity index (χ0n) is 14.5. The number of benzene rings is 1. The Bertz CT molecular complexity index is 1200. The molecule has 0 spiro atoms. The van der Waals surface area contributed by atoms with Gasteiger partial charge < -0.3 is 4.74 Å². The summed E-state index contributed by atoms with van der Waals surface area (Å²) in [5, 5.41) is 18.1. The lowest BCUT2D eigenvalue weighted by atomic mass is 10.1. The Morgan fingerprint density at radius 1 is 1.11 bits per heavy atom. The highest BCUT2D eigenvalue weighted by Gasteiger charge is 2.10. The first-order valence-corrected chi connectivity index (χ1v) is 9.19. The highest BCUT2D eigenvalue weighted by molar-refractivity contribution is 6.32. The molecule has 6 nitrogen and oxygen atoms in total. The van der Waals surface area contributed by atoms with Crippen LogP contribution in [0.5, 0.6) is 11.5 Å². The Morgan fingerprint density at radius 2 is 2.00 bits per heavy atom. The minimum Gasteiger partial charge on any atom is -0.456 e. The summed E-state index contributed by atoms with van der Waals surface area (Å²) in [5.74, 6) is 0.888. The molecule has 138 valence electrons. The van der Waals surface area contributed by atoms with Crippen LogP contribution in [0.15, 0.2) is 48.8 Å². The van der Waals surface area contributed by atoms with Crippen molar-refractivity contribution in [2.45, 2.75) is 12.8 Å². The highest BCUT2D eigenvalue weighted by atomic mass is 35.5. The molecule has 4 aromatic rings. The van der Waals surface area contributed by atoms with Gasteiger partial charge in [0.05, 0.1) is 17.3 Å². The molecule has 0 fully saturated rings. The van der Waals surface area contributed by atoms with Crippen molar-refractivity contribution in [1.82, 2.24) is 20.2 Å². The molecule has 1 aromatic carbocycles. The summed E-state index contributed by atoms with van der Waals surface area (Å²) in [5.41, 5.74) is 2.91. The molecule has 0 bridgehead atoms. The molecule has 0 radical (unpaired) electrons. The lowest BCUT2D eigenvalue weighted by Crippen LogP contribution is -1.97. The maximum Gasteiger partial charge on any atom is 0.155 e. The van der Waals surface area contributed by atoms with Gasteiger partial charge in [-0.2, -0.15) is 10.4 Å². The van der Waals surface area contributed by atoms with Gasteiger partial charge in [0.1, 0.15) is 16.5 Å². The number of aromatic nitrogens is 4. The topological polar surface area (TPSA) is 87.5 Å². The molecule has 8 heteroatoms. The summed E-state index contributed by atoms with van der Waals surface area (Å²) >= 11 is 12.3. The van der Waals surface area contributed by atoms with Crippen molar-refractivity contribution in [1.29, 1.82) is 5.26 Å². The number of aryl methyl sites for hydroxylation is 2. The molecule has 0 amide bonds. The lowest BCUT2D eigenvalue weighted by Gasteiger charge is -2.10. The molecule has 4 rings (SSSR count). The fourth-order valence-electron chi connectivity index (χ4n) is 2.83. The number of ether oxygens (including phenoxy) is 1. The van der Waals surface area contributed by atoms with Gasteiger partial charge in [-0.25, -0.2) is 4.98 Å². The minimum absolute atomic E-state index is 0.372. The molecule has 0 atom stereocenters. The first-order chi connectivity index (χ1) is 13.6. The van der Waals surface area contributed by atoms with Crippen LogP contribution in [0.2, 0.25) is 10.0 Å². The van der Waals surface area contributed by atoms with E-state index in [1.165, 1.54) is 0 Å². The predicted octanol–water partition coefficient (Wildman–Crippen LogP) is 5.11. The van der Waals surface area contributed by atoms with Crippen LogP contribution < -0.4 is 4.74 Å². The van der Waals surface area contributed by atoms with E-state index in [0.717, 1.165) is 22.4 Å². The van der Waals surface area contributed by atoms with Crippen LogP contribution in [0, 0.1) is 11.3 Å². The Labute approximate surface area is 170 Å². The van der Waals surface area contributed by atoms with Crippen LogP contribution in [0.4, 0.5) is 0 Å². The molecule has 0 aliphatic rings. The van der Waals surface area contributed by atoms with Crippen LogP contribution in [0.25, 0.3) is 11.0 Å². The Kier molecular flexibility index (Phi) is 5.11. The van der Waals surface area contributed by atoms with Crippen molar-refractivity contribution >= 4 is 34.2 Å². The number of nitrogens with zero attached hydrogens (tertiary/aromatic N) is 4. The van der Waals surface area contributed by atoms with E-state index in [0.29, 0.717) is 39.9 Å². The Morgan fingerprint density at radius 3 is 2.86 bits per heavy atom. The van der Waals surface area contributed by atoms with Crippen LogP contribution in [-0.2, 0) is 12.8 Å². The molecule has 0 saturated heterocycles. The van der Waals surface area contributed by atoms with E-state index >= 15 is 0 Å². The smallest absolute Gasteiger partial charge is 0.155 e. The number of halogens is 2. The van der Waals surface area contributed by atoms with Gasteiger partial charge in [-0.3, -0.25) is 10.1 Å². The van der Waals surface area contributed by atoms with Gasteiger partial charge in [0.25, 0.3) is 0 Å². The third kappa shape index (κ3) is 3.91. The second kappa shape index (κ2) is 7.85. The van der Waals surface area contributed by atoms with E-state index in [-0.39, 0.29) is 0 Å². The summed E-state index contributed by atoms with van der Waals surface area (Å²) in [6.45, 7) is 0. The first-order valence-electron chi connectivity index (χ1n) is 8.43. The first kappa shape index (κ1) is 18.2. The SMILES string of the molecule is N#Cc1cc(Cl)cc(Oc2cc(CCc3n[nH]c4ncccc34)ncc2Cl)c1. The van der Waals surface area contributed by atoms with Crippen molar-refractivity contribution in [2.24, 2.45) is 0 Å². The number of fused-ring (bicyclic) bond motifs is 1. The van der Waals surface area contributed by atoms with Gasteiger partial charge in [-0.1, -0.05) is 23.2 Å². The fraction of sp³-hybridized carbons (Fsp3) is 0.100. The lowest BCUT2D eigenvalue weighted by molar-refractivity contribution is 0.481. The number of nitrogens with one attached hydrogen (secondary N) is 1. The van der Waals surface area contributed by atoms with E-state index in [2.05, 4.69) is 20.2 Å². The van der Waals surface area contributed by atoms with Gasteiger partial charge in [-0.05, 0) is 43.2 Å². The maximum absolute atomic E-state index is 9.07. The summed E-state index contributed by atoms with van der Waals surface area (Å²) in [4.78, 5) is 8.61. The minimum atomic E-state index is 0.372. The van der Waals surface area contributed by atoms with E-state index in [9.17, 15) is 0 Å². The second-order valence-corrected chi connectivity index (χ2v) is 6.91. The van der Waals surface area contributed by atoms with Crippen molar-refractivity contribution in [2.75, 3.05) is 0 Å². The number of aromatic amines is 1. The molecule has 3 heterocycles. The monoisotopic (exact) mass is 409 g/mol. The number of nitriles is 1. The van der Waals surface area contributed by atoms with Crippen LogP contribution >= 0.6 is 23.2 Å². The van der Waals surface area contributed by atoms with Crippen molar-refractivity contribution in [3.8, 4) is 17.6 Å². The van der Waals surface area contributed by atoms with Crippen LogP contribution in [0.1, 0.15) is 17.0 Å². The van der Waals surface area contributed by atoms with Gasteiger partial charge in [0.2, 0.25) is 0 Å². The predicted molar refractivity (Wildman–Crippen MR) is 107 cm³/mol. The molecule has 0 aliphatic heterocycles. The molecule has 1 N–H and O–H groups in total. The molecule has 0 saturated carbocycles. The summed E-state index contributed by atoms with van der Waals surface area (Å²) in [7, 11) is 0. The van der Waals surface area contributed by atoms with Crippen molar-refractivity contribution < 1.29 is 4.74 Å². The molecule has 0 unspecified atom stereocenters. The summed E-state index contributed by atoms with van der Waals surface area (Å²) in [6.07, 6.45) is 4.62. The van der Waals surface area contributed by atoms with Crippen molar-refractivity contribution in [3.63, 3.8) is 0 Å². The average Bonchev–Trinajstić information content (AvgIpc) is 3.11. The fourth-order valence-corrected chi connectivity index (χ4v) is 3.20. The number of hydrogen-bond donors (Lipinski definition) is 1. The van der Waals surface area contributed by atoms with E-state index in [4.69, 9.17) is 33.2 Å². The summed E-state index contributed by atoms with van der Waals surface area (Å²) in [6, 6.07) is 12.5. The number of hydrogen-bond acceptors (Lipinski definition) is 5. The Hall–Kier alpha value is -3.14. The highest BCUT2D eigenvalue weighted by Crippen LogP contribution is 2.31. The third-order valence-corrected chi connectivity index (χ3v) is 4.64. The van der Waals surface area contributed by atoms with E-state index in [1.807, 2.05) is 18.2 Å². The summed E-state index contributed by atoms with van der Waals surface area (Å²) < 4.78 is 5.84. The Balaban J connectivity index is 1.54. The van der Waals surface area contributed by atoms with Crippen LogP contribution in [0.3, 0.4) is 0 Å². The van der Waals surface area contributed by atoms with Gasteiger partial charge in [0, 0.05) is 34.6 Å². The van der Waals surface area contributed by atoms with Gasteiger partial charge in [-0.15, -0.1) is 0 Å². The van der Waals surface area contributed by atoms with Crippen LogP contribution in [-0.4, -0.2) is 20.2 Å². The molecule has 3 aromatic heterocycles. The molecular formula is C20H13Cl2N5O. The van der Waals surface area contributed by atoms with Gasteiger partial charge in [0.15, 0.2) is 5.65 Å². The quantitative estimate of drug-likeness (QED) is 0.494. The largest absolute Gasteiger partial charge is 0.456 e. The normalized spacial score (nSPS) is 10.8. The zero-order valence-corrected chi connectivity index (χ0v) is 16.0. The van der Waals surface area contributed by atoms with E-state index in [1.54, 1.807) is 36.7 Å². The van der Waals surface area contributed by atoms with Crippen molar-refractivity contribution in [3.05, 3.63) is 75.8 Å². The average molecular weight is 410 g/mol. The molecular weight excluding hydrogens is 397 g/mol. The third-order valence-electron chi connectivity index (χ3n) is 4.14. The standard InChI is InChI=1S/C20H13Cl2N5O/c21-13-6-12(10-23)7-15(8-13)28-19-9-14(25-11-17(19)22)3-4-18-16-2-1-5-24-20(16)27-26-18/h1-2,5-9,11H,3-4H2,(H,24,26,27). The number of H-pyrrole nitrogens is 1. The molecule has 0 aliphatic carbocycles. The van der Waals surface area contributed by atoms with E-state index < -0.39 is 0 Å². The number of rotatable bonds is 5. The number of pyridine rings is 2.